The first-order valence-electron chi connectivity index (χ1n) is 9.66. The number of piperidine rings is 1. The molecule has 2 fully saturated rings. The molecule has 3 rings (SSSR count). The third-order valence-corrected chi connectivity index (χ3v) is 6.82. The summed E-state index contributed by atoms with van der Waals surface area (Å²) in [5.41, 5.74) is 2.22. The van der Waals surface area contributed by atoms with E-state index >= 15 is 0 Å². The lowest BCUT2D eigenvalue weighted by Crippen LogP contribution is -2.46. The van der Waals surface area contributed by atoms with Gasteiger partial charge in [0, 0.05) is 44.5 Å². The minimum absolute atomic E-state index is 0.0484. The molecule has 0 N–H and O–H groups in total. The number of carbonyl (C=O) groups excluding carboxylic acids is 1. The van der Waals surface area contributed by atoms with Gasteiger partial charge in [-0.2, -0.15) is 0 Å². The van der Waals surface area contributed by atoms with E-state index in [9.17, 15) is 13.2 Å². The summed E-state index contributed by atoms with van der Waals surface area (Å²) in [5, 5.41) is 0. The maximum absolute atomic E-state index is 13.2. The number of morpholine rings is 1. The highest BCUT2D eigenvalue weighted by Crippen LogP contribution is 2.25. The van der Waals surface area contributed by atoms with Crippen molar-refractivity contribution in [1.29, 1.82) is 0 Å². The van der Waals surface area contributed by atoms with E-state index < -0.39 is 9.84 Å². The summed E-state index contributed by atoms with van der Waals surface area (Å²) < 4.78 is 29.4. The third-order valence-electron chi connectivity index (χ3n) is 5.73. The Hall–Kier alpha value is -1.44. The van der Waals surface area contributed by atoms with Gasteiger partial charge in [0.25, 0.3) is 5.91 Å². The van der Waals surface area contributed by atoms with Crippen molar-refractivity contribution in [2.45, 2.75) is 31.6 Å². The number of hydrogen-bond acceptors (Lipinski definition) is 5. The van der Waals surface area contributed by atoms with Gasteiger partial charge in [0.05, 0.1) is 18.1 Å². The fraction of sp³-hybridized carbons (Fsp3) is 0.650. The van der Waals surface area contributed by atoms with E-state index in [0.717, 1.165) is 69.9 Å². The molecule has 0 aromatic heterocycles. The third kappa shape index (κ3) is 4.89. The Bertz CT molecular complexity index is 800. The number of hydrogen-bond donors (Lipinski definition) is 0. The molecule has 2 saturated heterocycles. The SMILES string of the molecule is Cc1cc(S(C)(=O)=O)cc(C(=O)N2CCC[C@H](CN3CCOCC3)C2)c1C. The van der Waals surface area contributed by atoms with Crippen LogP contribution in [0.1, 0.15) is 34.3 Å². The second-order valence-corrected chi connectivity index (χ2v) is 9.87. The highest BCUT2D eigenvalue weighted by atomic mass is 32.2. The monoisotopic (exact) mass is 394 g/mol. The average Bonchev–Trinajstić information content (AvgIpc) is 2.63. The molecule has 0 aliphatic carbocycles. The Morgan fingerprint density at radius 1 is 1.19 bits per heavy atom. The molecule has 1 atom stereocenters. The van der Waals surface area contributed by atoms with Crippen molar-refractivity contribution < 1.29 is 17.9 Å². The lowest BCUT2D eigenvalue weighted by molar-refractivity contribution is 0.0223. The summed E-state index contributed by atoms with van der Waals surface area (Å²) in [4.78, 5) is 17.7. The highest BCUT2D eigenvalue weighted by Gasteiger charge is 2.28. The van der Waals surface area contributed by atoms with Crippen molar-refractivity contribution in [3.8, 4) is 0 Å². The van der Waals surface area contributed by atoms with Crippen LogP contribution in [0.2, 0.25) is 0 Å². The van der Waals surface area contributed by atoms with Crippen LogP contribution in [0.15, 0.2) is 17.0 Å². The minimum Gasteiger partial charge on any atom is -0.379 e. The summed E-state index contributed by atoms with van der Waals surface area (Å²) in [6.07, 6.45) is 3.30. The van der Waals surface area contributed by atoms with Crippen LogP contribution in [-0.2, 0) is 14.6 Å². The molecule has 0 unspecified atom stereocenters. The van der Waals surface area contributed by atoms with Crippen LogP contribution in [0.25, 0.3) is 0 Å². The number of rotatable bonds is 4. The number of sulfone groups is 1. The largest absolute Gasteiger partial charge is 0.379 e. The van der Waals surface area contributed by atoms with Gasteiger partial charge in [0.15, 0.2) is 9.84 Å². The van der Waals surface area contributed by atoms with Crippen LogP contribution >= 0.6 is 0 Å². The minimum atomic E-state index is -3.35. The van der Waals surface area contributed by atoms with E-state index in [4.69, 9.17) is 4.74 Å². The molecule has 2 heterocycles. The fourth-order valence-electron chi connectivity index (χ4n) is 3.98. The molecule has 1 aromatic carbocycles. The molecule has 0 spiro atoms. The molecule has 2 aliphatic rings. The number of aryl methyl sites for hydroxylation is 1. The summed E-state index contributed by atoms with van der Waals surface area (Å²) in [5.74, 6) is 0.410. The van der Waals surface area contributed by atoms with Gasteiger partial charge >= 0.3 is 0 Å². The molecule has 0 bridgehead atoms. The first-order valence-corrected chi connectivity index (χ1v) is 11.6. The molecule has 1 amide bonds. The summed E-state index contributed by atoms with van der Waals surface area (Å²) in [7, 11) is -3.35. The van der Waals surface area contributed by atoms with Crippen LogP contribution < -0.4 is 0 Å². The van der Waals surface area contributed by atoms with E-state index in [1.165, 1.54) is 6.26 Å². The van der Waals surface area contributed by atoms with Crippen LogP contribution in [0, 0.1) is 19.8 Å². The van der Waals surface area contributed by atoms with Crippen molar-refractivity contribution >= 4 is 15.7 Å². The summed E-state index contributed by atoms with van der Waals surface area (Å²) in [6, 6.07) is 3.20. The van der Waals surface area contributed by atoms with Crippen LogP contribution in [0.4, 0.5) is 0 Å². The molecule has 0 radical (unpaired) electrons. The number of amides is 1. The van der Waals surface area contributed by atoms with Gasteiger partial charge in [-0.1, -0.05) is 0 Å². The number of likely N-dealkylation sites (tertiary alicyclic amines) is 1. The van der Waals surface area contributed by atoms with Crippen molar-refractivity contribution in [2.75, 3.05) is 52.2 Å². The molecule has 1 aromatic rings. The average molecular weight is 395 g/mol. The van der Waals surface area contributed by atoms with Gasteiger partial charge in [0.2, 0.25) is 0 Å². The lowest BCUT2D eigenvalue weighted by atomic mass is 9.95. The summed E-state index contributed by atoms with van der Waals surface area (Å²) >= 11 is 0. The zero-order chi connectivity index (χ0) is 19.6. The van der Waals surface area contributed by atoms with Gasteiger partial charge in [-0.15, -0.1) is 0 Å². The number of carbonyl (C=O) groups is 1. The maximum atomic E-state index is 13.2. The second kappa shape index (κ2) is 8.29. The van der Waals surface area contributed by atoms with E-state index in [2.05, 4.69) is 4.90 Å². The fourth-order valence-corrected chi connectivity index (χ4v) is 4.70. The van der Waals surface area contributed by atoms with Gasteiger partial charge in [-0.05, 0) is 55.9 Å². The Labute approximate surface area is 162 Å². The van der Waals surface area contributed by atoms with Gasteiger partial charge in [0.1, 0.15) is 0 Å². The lowest BCUT2D eigenvalue weighted by Gasteiger charge is -2.37. The van der Waals surface area contributed by atoms with Gasteiger partial charge < -0.3 is 9.64 Å². The predicted molar refractivity (Wildman–Crippen MR) is 105 cm³/mol. The smallest absolute Gasteiger partial charge is 0.254 e. The molecule has 6 nitrogen and oxygen atoms in total. The van der Waals surface area contributed by atoms with Crippen molar-refractivity contribution in [3.05, 3.63) is 28.8 Å². The zero-order valence-corrected chi connectivity index (χ0v) is 17.3. The number of ether oxygens (including phenoxy) is 1. The zero-order valence-electron chi connectivity index (χ0n) is 16.5. The van der Waals surface area contributed by atoms with E-state index in [-0.39, 0.29) is 10.8 Å². The highest BCUT2D eigenvalue weighted by molar-refractivity contribution is 7.90. The molecular formula is C20H30N2O4S. The normalized spacial score (nSPS) is 22.0. The Morgan fingerprint density at radius 3 is 2.56 bits per heavy atom. The molecule has 150 valence electrons. The maximum Gasteiger partial charge on any atom is 0.254 e. The van der Waals surface area contributed by atoms with Gasteiger partial charge in [-0.3, -0.25) is 9.69 Å². The molecular weight excluding hydrogens is 364 g/mol. The molecule has 2 aliphatic heterocycles. The van der Waals surface area contributed by atoms with Crippen LogP contribution in [-0.4, -0.2) is 76.3 Å². The topological polar surface area (TPSA) is 66.9 Å². The number of nitrogens with zero attached hydrogens (tertiary/aromatic N) is 2. The molecule has 27 heavy (non-hydrogen) atoms. The Balaban J connectivity index is 1.76. The van der Waals surface area contributed by atoms with E-state index in [0.29, 0.717) is 11.5 Å². The van der Waals surface area contributed by atoms with Crippen molar-refractivity contribution in [2.24, 2.45) is 5.92 Å². The Kier molecular flexibility index (Phi) is 6.23. The second-order valence-electron chi connectivity index (χ2n) is 7.86. The standard InChI is InChI=1S/C20H30N2O4S/c1-15-11-18(27(3,24)25)12-19(16(15)2)20(23)22-6-4-5-17(14-22)13-21-7-9-26-10-8-21/h11-12,17H,4-10,13-14H2,1-3H3/t17-/m1/s1. The van der Waals surface area contributed by atoms with Crippen LogP contribution in [0.3, 0.4) is 0 Å². The molecule has 7 heteroatoms. The first kappa shape index (κ1) is 20.3. The van der Waals surface area contributed by atoms with Gasteiger partial charge in [-0.25, -0.2) is 8.42 Å². The summed E-state index contributed by atoms with van der Waals surface area (Å²) in [6.45, 7) is 9.70. The number of benzene rings is 1. The quantitative estimate of drug-likeness (QED) is 0.780. The van der Waals surface area contributed by atoms with Crippen molar-refractivity contribution in [3.63, 3.8) is 0 Å². The first-order chi connectivity index (χ1) is 12.8. The van der Waals surface area contributed by atoms with E-state index in [1.54, 1.807) is 12.1 Å². The van der Waals surface area contributed by atoms with Crippen molar-refractivity contribution in [1.82, 2.24) is 9.80 Å². The van der Waals surface area contributed by atoms with E-state index in [1.807, 2.05) is 18.7 Å². The molecule has 0 saturated carbocycles. The van der Waals surface area contributed by atoms with Crippen LogP contribution in [0.5, 0.6) is 0 Å². The Morgan fingerprint density at radius 2 is 1.89 bits per heavy atom. The predicted octanol–water partition coefficient (Wildman–Crippen LogP) is 1.89.